The molecular weight excluding hydrogens is 204 g/mol. The summed E-state index contributed by atoms with van der Waals surface area (Å²) in [5.74, 6) is 0.852. The monoisotopic (exact) mass is 230 g/mol. The molecule has 0 aliphatic heterocycles. The number of nitrogens with zero attached hydrogens (tertiary/aromatic N) is 1. The van der Waals surface area contributed by atoms with Gasteiger partial charge in [0.2, 0.25) is 0 Å². The van der Waals surface area contributed by atoms with Gasteiger partial charge in [0, 0.05) is 32.3 Å². The van der Waals surface area contributed by atoms with Gasteiger partial charge in [-0.3, -0.25) is 0 Å². The fraction of sp³-hybridized carbons (Fsp3) is 1.00. The molecule has 1 aliphatic rings. The van der Waals surface area contributed by atoms with Crippen molar-refractivity contribution < 1.29 is 9.84 Å². The molecule has 96 valence electrons. The molecule has 0 aromatic rings. The molecule has 1 unspecified atom stereocenters. The molecule has 4 heteroatoms. The summed E-state index contributed by atoms with van der Waals surface area (Å²) in [7, 11) is 4.04. The van der Waals surface area contributed by atoms with Crippen LogP contribution in [0.3, 0.4) is 0 Å². The third-order valence-electron chi connectivity index (χ3n) is 3.09. The van der Waals surface area contributed by atoms with Gasteiger partial charge in [-0.05, 0) is 39.3 Å². The molecule has 0 saturated heterocycles. The number of rotatable bonds is 10. The molecule has 16 heavy (non-hydrogen) atoms. The third-order valence-corrected chi connectivity index (χ3v) is 3.09. The van der Waals surface area contributed by atoms with Gasteiger partial charge in [0.05, 0.1) is 6.61 Å². The standard InChI is InChI=1S/C12H26N2O2/c1-13-12(5-7-15)9-14(2)6-8-16-10-11-3-4-11/h11-13,15H,3-10H2,1-2H3. The van der Waals surface area contributed by atoms with Crippen LogP contribution < -0.4 is 5.32 Å². The second-order valence-electron chi connectivity index (χ2n) is 4.78. The Morgan fingerprint density at radius 2 is 2.25 bits per heavy atom. The maximum Gasteiger partial charge on any atom is 0.0593 e. The van der Waals surface area contributed by atoms with Crippen LogP contribution in [-0.4, -0.2) is 63.1 Å². The predicted molar refractivity (Wildman–Crippen MR) is 65.6 cm³/mol. The number of aliphatic hydroxyl groups is 1. The Morgan fingerprint density at radius 3 is 2.81 bits per heavy atom. The minimum absolute atomic E-state index is 0.248. The molecule has 1 saturated carbocycles. The zero-order valence-electron chi connectivity index (χ0n) is 10.6. The quantitative estimate of drug-likeness (QED) is 0.530. The smallest absolute Gasteiger partial charge is 0.0593 e. The molecule has 2 N–H and O–H groups in total. The van der Waals surface area contributed by atoms with Gasteiger partial charge in [-0.2, -0.15) is 0 Å². The Hall–Kier alpha value is -0.160. The Balaban J connectivity index is 1.96. The van der Waals surface area contributed by atoms with E-state index in [1.165, 1.54) is 12.8 Å². The highest BCUT2D eigenvalue weighted by Gasteiger charge is 2.21. The lowest BCUT2D eigenvalue weighted by Gasteiger charge is -2.23. The summed E-state index contributed by atoms with van der Waals surface area (Å²) in [5.41, 5.74) is 0. The van der Waals surface area contributed by atoms with Crippen molar-refractivity contribution >= 4 is 0 Å². The molecule has 0 radical (unpaired) electrons. The molecule has 0 spiro atoms. The molecule has 4 nitrogen and oxygen atoms in total. The van der Waals surface area contributed by atoms with E-state index in [1.54, 1.807) is 0 Å². The summed E-state index contributed by atoms with van der Waals surface area (Å²) >= 11 is 0. The number of likely N-dealkylation sites (N-methyl/N-ethyl adjacent to an activating group) is 2. The van der Waals surface area contributed by atoms with Gasteiger partial charge >= 0.3 is 0 Å². The van der Waals surface area contributed by atoms with Crippen molar-refractivity contribution in [3.8, 4) is 0 Å². The minimum Gasteiger partial charge on any atom is -0.396 e. The fourth-order valence-corrected chi connectivity index (χ4v) is 1.71. The Bertz CT molecular complexity index is 174. The number of ether oxygens (including phenoxy) is 1. The highest BCUT2D eigenvalue weighted by molar-refractivity contribution is 4.72. The minimum atomic E-state index is 0.248. The topological polar surface area (TPSA) is 44.7 Å². The molecule has 1 fully saturated rings. The normalized spacial score (nSPS) is 18.0. The van der Waals surface area contributed by atoms with Gasteiger partial charge in [-0.15, -0.1) is 0 Å². The van der Waals surface area contributed by atoms with E-state index < -0.39 is 0 Å². The first-order chi connectivity index (χ1) is 7.76. The van der Waals surface area contributed by atoms with E-state index in [4.69, 9.17) is 9.84 Å². The van der Waals surface area contributed by atoms with Crippen LogP contribution in [0.2, 0.25) is 0 Å². The predicted octanol–water partition coefficient (Wildman–Crippen LogP) is 0.315. The molecule has 1 rings (SSSR count). The maximum atomic E-state index is 8.88. The summed E-state index contributed by atoms with van der Waals surface area (Å²) in [6.45, 7) is 3.94. The van der Waals surface area contributed by atoms with Crippen molar-refractivity contribution in [1.82, 2.24) is 10.2 Å². The highest BCUT2D eigenvalue weighted by Crippen LogP contribution is 2.28. The van der Waals surface area contributed by atoms with Crippen LogP contribution in [0.15, 0.2) is 0 Å². The van der Waals surface area contributed by atoms with Crippen molar-refractivity contribution in [2.75, 3.05) is 47.0 Å². The van der Waals surface area contributed by atoms with Crippen molar-refractivity contribution in [2.24, 2.45) is 5.92 Å². The SMILES string of the molecule is CNC(CCO)CN(C)CCOCC1CC1. The van der Waals surface area contributed by atoms with E-state index in [0.717, 1.165) is 38.6 Å². The van der Waals surface area contributed by atoms with Crippen molar-refractivity contribution in [1.29, 1.82) is 0 Å². The lowest BCUT2D eigenvalue weighted by Crippen LogP contribution is -2.39. The summed E-state index contributed by atoms with van der Waals surface area (Å²) in [6, 6.07) is 0.374. The van der Waals surface area contributed by atoms with E-state index in [2.05, 4.69) is 17.3 Å². The first-order valence-electron chi connectivity index (χ1n) is 6.30. The van der Waals surface area contributed by atoms with Crippen LogP contribution in [0, 0.1) is 5.92 Å². The first kappa shape index (κ1) is 13.9. The van der Waals surface area contributed by atoms with Crippen molar-refractivity contribution in [3.63, 3.8) is 0 Å². The largest absolute Gasteiger partial charge is 0.396 e. The van der Waals surface area contributed by atoms with Gasteiger partial charge < -0.3 is 20.1 Å². The molecule has 0 amide bonds. The summed E-state index contributed by atoms with van der Waals surface area (Å²) in [6.07, 6.45) is 3.52. The molecule has 0 aromatic carbocycles. The van der Waals surface area contributed by atoms with Gasteiger partial charge in [-0.1, -0.05) is 0 Å². The van der Waals surface area contributed by atoms with Gasteiger partial charge in [0.15, 0.2) is 0 Å². The Kier molecular flexibility index (Phi) is 6.96. The van der Waals surface area contributed by atoms with Crippen LogP contribution in [0.25, 0.3) is 0 Å². The highest BCUT2D eigenvalue weighted by atomic mass is 16.5. The molecular formula is C12H26N2O2. The lowest BCUT2D eigenvalue weighted by atomic mass is 10.2. The van der Waals surface area contributed by atoms with E-state index in [-0.39, 0.29) is 6.61 Å². The number of hydrogen-bond acceptors (Lipinski definition) is 4. The zero-order chi connectivity index (χ0) is 11.8. The second kappa shape index (κ2) is 8.01. The molecule has 1 aliphatic carbocycles. The zero-order valence-corrected chi connectivity index (χ0v) is 10.6. The third kappa shape index (κ3) is 6.43. The van der Waals surface area contributed by atoms with Gasteiger partial charge in [0.25, 0.3) is 0 Å². The Labute approximate surface area is 99.0 Å². The van der Waals surface area contributed by atoms with Crippen LogP contribution in [0.4, 0.5) is 0 Å². The van der Waals surface area contributed by atoms with Crippen LogP contribution in [-0.2, 0) is 4.74 Å². The van der Waals surface area contributed by atoms with Gasteiger partial charge in [0.1, 0.15) is 0 Å². The van der Waals surface area contributed by atoms with E-state index >= 15 is 0 Å². The maximum absolute atomic E-state index is 8.88. The van der Waals surface area contributed by atoms with Crippen molar-refractivity contribution in [2.45, 2.75) is 25.3 Å². The molecule has 0 bridgehead atoms. The number of nitrogens with one attached hydrogen (secondary N) is 1. The number of hydrogen-bond donors (Lipinski definition) is 2. The van der Waals surface area contributed by atoms with Crippen LogP contribution in [0.5, 0.6) is 0 Å². The number of aliphatic hydroxyl groups excluding tert-OH is 1. The summed E-state index contributed by atoms with van der Waals surface area (Å²) in [5, 5.41) is 12.1. The molecule has 1 atom stereocenters. The molecule has 0 aromatic heterocycles. The average molecular weight is 230 g/mol. The van der Waals surface area contributed by atoms with E-state index in [1.807, 2.05) is 7.05 Å². The fourth-order valence-electron chi connectivity index (χ4n) is 1.71. The molecule has 0 heterocycles. The van der Waals surface area contributed by atoms with Crippen LogP contribution in [0.1, 0.15) is 19.3 Å². The van der Waals surface area contributed by atoms with E-state index in [0.29, 0.717) is 6.04 Å². The van der Waals surface area contributed by atoms with Crippen LogP contribution >= 0.6 is 0 Å². The van der Waals surface area contributed by atoms with E-state index in [9.17, 15) is 0 Å². The Morgan fingerprint density at radius 1 is 1.50 bits per heavy atom. The van der Waals surface area contributed by atoms with Gasteiger partial charge in [-0.25, -0.2) is 0 Å². The first-order valence-corrected chi connectivity index (χ1v) is 6.30. The van der Waals surface area contributed by atoms with Crippen molar-refractivity contribution in [3.05, 3.63) is 0 Å². The summed E-state index contributed by atoms with van der Waals surface area (Å²) < 4.78 is 5.59. The second-order valence-corrected chi connectivity index (χ2v) is 4.78. The summed E-state index contributed by atoms with van der Waals surface area (Å²) in [4.78, 5) is 2.25. The average Bonchev–Trinajstić information content (AvgIpc) is 3.07. The lowest BCUT2D eigenvalue weighted by molar-refractivity contribution is 0.0998.